The molecule has 2 aliphatic rings. The molecule has 0 N–H and O–H groups in total. The summed E-state index contributed by atoms with van der Waals surface area (Å²) in [6.45, 7) is 1.34. The van der Waals surface area contributed by atoms with E-state index >= 15 is 0 Å². The molecule has 3 aromatic rings. The summed E-state index contributed by atoms with van der Waals surface area (Å²) in [5, 5.41) is 0.668. The molecule has 0 radical (unpaired) electrons. The maximum Gasteiger partial charge on any atom is 0.338 e. The first kappa shape index (κ1) is 25.0. The number of benzene rings is 2. The highest BCUT2D eigenvalue weighted by atomic mass is 16.7. The largest absolute Gasteiger partial charge is 0.465 e. The predicted octanol–water partition coefficient (Wildman–Crippen LogP) is 2.53. The van der Waals surface area contributed by atoms with Crippen molar-refractivity contribution in [1.29, 1.82) is 0 Å². The molecule has 9 heteroatoms. The molecule has 1 aliphatic carbocycles. The van der Waals surface area contributed by atoms with E-state index in [1.54, 1.807) is 16.7 Å². The maximum absolute atomic E-state index is 12.3. The van der Waals surface area contributed by atoms with E-state index in [1.807, 2.05) is 36.4 Å². The molecule has 5 rings (SSSR count). The summed E-state index contributed by atoms with van der Waals surface area (Å²) >= 11 is 0. The Morgan fingerprint density at radius 2 is 1.61 bits per heavy atom. The highest BCUT2D eigenvalue weighted by Gasteiger charge is 2.22. The lowest BCUT2D eigenvalue weighted by Gasteiger charge is -2.15. The monoisotopic (exact) mass is 491 g/mol. The molecule has 9 nitrogen and oxygen atoms in total. The van der Waals surface area contributed by atoms with Gasteiger partial charge < -0.3 is 23.5 Å². The number of aromatic nitrogens is 1. The number of ether oxygens (including phenoxy) is 4. The first-order chi connectivity index (χ1) is 17.4. The van der Waals surface area contributed by atoms with Crippen LogP contribution in [0.5, 0.6) is 0 Å². The quantitative estimate of drug-likeness (QED) is 0.512. The van der Waals surface area contributed by atoms with Gasteiger partial charge in [0.25, 0.3) is 5.56 Å². The number of hydrogen-bond acceptors (Lipinski definition) is 8. The van der Waals surface area contributed by atoms with Crippen LogP contribution >= 0.6 is 0 Å². The van der Waals surface area contributed by atoms with Crippen LogP contribution in [0.3, 0.4) is 0 Å². The van der Waals surface area contributed by atoms with Gasteiger partial charge in [0.1, 0.15) is 0 Å². The topological polar surface area (TPSA) is 110 Å². The number of rotatable bonds is 4. The predicted molar refractivity (Wildman–Crippen MR) is 130 cm³/mol. The first-order valence-electron chi connectivity index (χ1n) is 11.3. The highest BCUT2D eigenvalue weighted by Crippen LogP contribution is 2.25. The summed E-state index contributed by atoms with van der Waals surface area (Å²) in [6.07, 6.45) is 1.28. The van der Waals surface area contributed by atoms with E-state index in [1.165, 1.54) is 26.4 Å². The third kappa shape index (κ3) is 5.27. The number of hydrogen-bond donors (Lipinski definition) is 0. The number of pyridine rings is 1. The number of nitrogens with zero attached hydrogens (tertiary/aromatic N) is 1. The summed E-state index contributed by atoms with van der Waals surface area (Å²) in [4.78, 5) is 46.9. The second kappa shape index (κ2) is 11.1. The van der Waals surface area contributed by atoms with Crippen LogP contribution in [0.1, 0.15) is 21.5 Å². The van der Waals surface area contributed by atoms with Crippen molar-refractivity contribution in [2.24, 2.45) is 0 Å². The number of fused-ring (bicyclic) bond motifs is 2. The number of carbonyl (C=O) groups excluding carboxylic acids is 3. The molecule has 186 valence electrons. The average Bonchev–Trinajstić information content (AvgIpc) is 3.42. The van der Waals surface area contributed by atoms with Gasteiger partial charge in [-0.2, -0.15) is 0 Å². The van der Waals surface area contributed by atoms with Gasteiger partial charge in [0.05, 0.1) is 50.6 Å². The molecule has 1 fully saturated rings. The fraction of sp³-hybridized carbons (Fsp3) is 0.259. The molecule has 0 atom stereocenters. The minimum absolute atomic E-state index is 0.0610. The Morgan fingerprint density at radius 3 is 2.33 bits per heavy atom. The molecule has 1 aromatic heterocycles. The van der Waals surface area contributed by atoms with Crippen LogP contribution < -0.4 is 5.56 Å². The standard InChI is InChI=1S/C15H15NO5.C12H10O3/c1-19-15(18)11-8-13(17)16(9-14-20-6-7-21-14)12-5-3-2-4-10(11)12;1-15-12(14)11-7-9(13)6-8-4-2-3-5-10(8)11/h2-5,8,14H,6-7,9H2,1H3;2-5,7H,6H2,1H3. The lowest BCUT2D eigenvalue weighted by Crippen LogP contribution is -2.28. The smallest absolute Gasteiger partial charge is 0.338 e. The average molecular weight is 491 g/mol. The van der Waals surface area contributed by atoms with Crippen LogP contribution in [-0.4, -0.2) is 56.0 Å². The van der Waals surface area contributed by atoms with Crippen molar-refractivity contribution in [2.45, 2.75) is 19.3 Å². The number of para-hydroxylation sites is 1. The normalized spacial score (nSPS) is 14.9. The Hall–Kier alpha value is -4.08. The molecular weight excluding hydrogens is 466 g/mol. The lowest BCUT2D eigenvalue weighted by molar-refractivity contribution is -0.134. The Kier molecular flexibility index (Phi) is 7.72. The Morgan fingerprint density at radius 1 is 0.944 bits per heavy atom. The number of esters is 2. The van der Waals surface area contributed by atoms with Gasteiger partial charge in [-0.3, -0.25) is 9.59 Å². The maximum atomic E-state index is 12.3. The third-order valence-corrected chi connectivity index (χ3v) is 5.83. The van der Waals surface area contributed by atoms with Crippen molar-refractivity contribution in [3.05, 3.63) is 87.7 Å². The number of allylic oxidation sites excluding steroid dienone is 1. The van der Waals surface area contributed by atoms with Gasteiger partial charge in [-0.05, 0) is 23.3 Å². The highest BCUT2D eigenvalue weighted by molar-refractivity contribution is 6.23. The van der Waals surface area contributed by atoms with E-state index in [2.05, 4.69) is 4.74 Å². The zero-order chi connectivity index (χ0) is 25.7. The number of ketones is 1. The van der Waals surface area contributed by atoms with E-state index in [9.17, 15) is 19.2 Å². The van der Waals surface area contributed by atoms with Crippen LogP contribution in [0.25, 0.3) is 16.5 Å². The first-order valence-corrected chi connectivity index (χ1v) is 11.3. The van der Waals surface area contributed by atoms with Crippen LogP contribution in [0.15, 0.2) is 65.5 Å². The molecule has 1 saturated heterocycles. The van der Waals surface area contributed by atoms with Gasteiger partial charge in [0, 0.05) is 17.9 Å². The van der Waals surface area contributed by atoms with Gasteiger partial charge in [0.15, 0.2) is 12.1 Å². The summed E-state index contributed by atoms with van der Waals surface area (Å²) in [5.41, 5.74) is 2.67. The molecular formula is C27H25NO8. The molecule has 1 aliphatic heterocycles. The summed E-state index contributed by atoms with van der Waals surface area (Å²) < 4.78 is 21.7. The Bertz CT molecular complexity index is 1400. The van der Waals surface area contributed by atoms with Crippen molar-refractivity contribution < 1.29 is 33.3 Å². The van der Waals surface area contributed by atoms with Crippen molar-refractivity contribution >= 4 is 34.2 Å². The number of methoxy groups -OCH3 is 2. The van der Waals surface area contributed by atoms with Crippen molar-refractivity contribution in [3.8, 4) is 0 Å². The molecule has 2 heterocycles. The summed E-state index contributed by atoms with van der Waals surface area (Å²) in [6, 6.07) is 15.9. The lowest BCUT2D eigenvalue weighted by atomic mass is 9.90. The van der Waals surface area contributed by atoms with Crippen molar-refractivity contribution in [2.75, 3.05) is 27.4 Å². The van der Waals surface area contributed by atoms with Crippen molar-refractivity contribution in [1.82, 2.24) is 4.57 Å². The van der Waals surface area contributed by atoms with E-state index in [0.717, 1.165) is 11.1 Å². The van der Waals surface area contributed by atoms with E-state index in [4.69, 9.17) is 14.2 Å². The molecule has 0 amide bonds. The van der Waals surface area contributed by atoms with Gasteiger partial charge in [-0.1, -0.05) is 42.5 Å². The Labute approximate surface area is 206 Å². The van der Waals surface area contributed by atoms with Crippen LogP contribution in [0.2, 0.25) is 0 Å². The van der Waals surface area contributed by atoms with Crippen LogP contribution in [0, 0.1) is 0 Å². The fourth-order valence-electron chi connectivity index (χ4n) is 4.16. The van der Waals surface area contributed by atoms with E-state index in [-0.39, 0.29) is 16.9 Å². The molecule has 0 spiro atoms. The van der Waals surface area contributed by atoms with Crippen molar-refractivity contribution in [3.63, 3.8) is 0 Å². The summed E-state index contributed by atoms with van der Waals surface area (Å²) in [7, 11) is 2.60. The van der Waals surface area contributed by atoms with Crippen LogP contribution in [0.4, 0.5) is 0 Å². The SMILES string of the molecule is COC(=O)C1=CC(=O)Cc2ccccc21.COC(=O)c1cc(=O)n(CC2OCCO2)c2ccccc12. The zero-order valence-corrected chi connectivity index (χ0v) is 19.9. The molecule has 2 aromatic carbocycles. The fourth-order valence-corrected chi connectivity index (χ4v) is 4.16. The third-order valence-electron chi connectivity index (χ3n) is 5.83. The molecule has 0 unspecified atom stereocenters. The van der Waals surface area contributed by atoms with E-state index in [0.29, 0.717) is 42.7 Å². The second-order valence-electron chi connectivity index (χ2n) is 8.04. The van der Waals surface area contributed by atoms with Gasteiger partial charge >= 0.3 is 11.9 Å². The van der Waals surface area contributed by atoms with Gasteiger partial charge in [-0.25, -0.2) is 9.59 Å². The molecule has 0 saturated carbocycles. The van der Waals surface area contributed by atoms with Crippen LogP contribution in [-0.2, 0) is 41.5 Å². The second-order valence-corrected chi connectivity index (χ2v) is 8.04. The number of carbonyl (C=O) groups is 3. The van der Waals surface area contributed by atoms with Gasteiger partial charge in [0.2, 0.25) is 0 Å². The van der Waals surface area contributed by atoms with E-state index < -0.39 is 18.2 Å². The molecule has 0 bridgehead atoms. The summed E-state index contributed by atoms with van der Waals surface area (Å²) in [5.74, 6) is -1.05. The van der Waals surface area contributed by atoms with Gasteiger partial charge in [-0.15, -0.1) is 0 Å². The Balaban J connectivity index is 0.000000179. The minimum Gasteiger partial charge on any atom is -0.465 e. The molecule has 36 heavy (non-hydrogen) atoms. The minimum atomic E-state index is -0.524. The zero-order valence-electron chi connectivity index (χ0n) is 19.9.